The van der Waals surface area contributed by atoms with Crippen LogP contribution in [0.15, 0.2) is 45.9 Å². The molecule has 1 fully saturated rings. The van der Waals surface area contributed by atoms with Gasteiger partial charge in [-0.2, -0.15) is 4.31 Å². The molecule has 1 aromatic heterocycles. The van der Waals surface area contributed by atoms with E-state index in [1.807, 2.05) is 30.0 Å². The Morgan fingerprint density at radius 3 is 2.62 bits per heavy atom. The average molecular weight is 418 g/mol. The van der Waals surface area contributed by atoms with E-state index >= 15 is 0 Å². The summed E-state index contributed by atoms with van der Waals surface area (Å²) in [5, 5.41) is 2.91. The number of furan rings is 1. The zero-order chi connectivity index (χ0) is 20.4. The molecule has 8 heteroatoms. The summed E-state index contributed by atoms with van der Waals surface area (Å²) in [4.78, 5) is 14.7. The number of carbonyl (C=O) groups excluding carboxylic acids is 1. The van der Waals surface area contributed by atoms with Crippen LogP contribution in [0.1, 0.15) is 36.3 Å². The number of amides is 1. The summed E-state index contributed by atoms with van der Waals surface area (Å²) in [7, 11) is -3.49. The molecule has 0 radical (unpaired) electrons. The lowest BCUT2D eigenvalue weighted by Crippen LogP contribution is -2.51. The van der Waals surface area contributed by atoms with Crippen LogP contribution in [0, 0.1) is 0 Å². The van der Waals surface area contributed by atoms with Crippen LogP contribution in [-0.2, 0) is 27.7 Å². The summed E-state index contributed by atoms with van der Waals surface area (Å²) in [6.45, 7) is 3.97. The number of fused-ring (bicyclic) bond motifs is 1. The predicted octanol–water partition coefficient (Wildman–Crippen LogP) is 1.95. The highest BCUT2D eigenvalue weighted by Gasteiger charge is 2.30. The molecule has 1 atom stereocenters. The van der Waals surface area contributed by atoms with Crippen molar-refractivity contribution in [2.24, 2.45) is 0 Å². The molecule has 29 heavy (non-hydrogen) atoms. The summed E-state index contributed by atoms with van der Waals surface area (Å²) < 4.78 is 32.9. The molecule has 0 bridgehead atoms. The van der Waals surface area contributed by atoms with Crippen LogP contribution in [-0.4, -0.2) is 56.3 Å². The van der Waals surface area contributed by atoms with Gasteiger partial charge in [0.25, 0.3) is 0 Å². The van der Waals surface area contributed by atoms with Crippen molar-refractivity contribution in [1.29, 1.82) is 0 Å². The Hall–Kier alpha value is -2.16. The standard InChI is InChI=1S/C21H27N3O4S/c1-16(20-6-3-13-28-20)22-21(25)15-23-9-11-24(12-10-23)29(26,27)19-8-7-17-4-2-5-18(17)14-19/h3,6-8,13-14,16H,2,4-5,9-12,15H2,1H3,(H,22,25). The lowest BCUT2D eigenvalue weighted by atomic mass is 10.1. The second-order valence-electron chi connectivity index (χ2n) is 7.77. The van der Waals surface area contributed by atoms with E-state index in [2.05, 4.69) is 5.32 Å². The number of nitrogens with zero attached hydrogens (tertiary/aromatic N) is 2. The number of nitrogens with one attached hydrogen (secondary N) is 1. The van der Waals surface area contributed by atoms with Crippen LogP contribution in [0.4, 0.5) is 0 Å². The fourth-order valence-corrected chi connectivity index (χ4v) is 5.56. The van der Waals surface area contributed by atoms with E-state index in [4.69, 9.17) is 4.42 Å². The van der Waals surface area contributed by atoms with Crippen LogP contribution >= 0.6 is 0 Å². The van der Waals surface area contributed by atoms with Crippen molar-refractivity contribution >= 4 is 15.9 Å². The number of sulfonamides is 1. The third kappa shape index (κ3) is 4.39. The lowest BCUT2D eigenvalue weighted by molar-refractivity contribution is -0.123. The maximum atomic E-state index is 13.0. The quantitative estimate of drug-likeness (QED) is 0.777. The van der Waals surface area contributed by atoms with Gasteiger partial charge in [0, 0.05) is 26.2 Å². The molecule has 7 nitrogen and oxygen atoms in total. The van der Waals surface area contributed by atoms with Gasteiger partial charge in [-0.1, -0.05) is 6.07 Å². The van der Waals surface area contributed by atoms with E-state index in [-0.39, 0.29) is 18.5 Å². The molecule has 2 heterocycles. The molecule has 0 spiro atoms. The highest BCUT2D eigenvalue weighted by atomic mass is 32.2. The smallest absolute Gasteiger partial charge is 0.243 e. The van der Waals surface area contributed by atoms with Crippen molar-refractivity contribution in [2.45, 2.75) is 37.1 Å². The molecule has 0 saturated carbocycles. The van der Waals surface area contributed by atoms with E-state index in [9.17, 15) is 13.2 Å². The van der Waals surface area contributed by atoms with Crippen molar-refractivity contribution in [3.63, 3.8) is 0 Å². The molecule has 1 saturated heterocycles. The monoisotopic (exact) mass is 417 g/mol. The van der Waals surface area contributed by atoms with Gasteiger partial charge in [0.2, 0.25) is 15.9 Å². The summed E-state index contributed by atoms with van der Waals surface area (Å²) in [6, 6.07) is 8.95. The summed E-state index contributed by atoms with van der Waals surface area (Å²) in [6.07, 6.45) is 4.67. The number of hydrogen-bond acceptors (Lipinski definition) is 5. The Morgan fingerprint density at radius 1 is 1.14 bits per heavy atom. The van der Waals surface area contributed by atoms with Crippen LogP contribution < -0.4 is 5.32 Å². The van der Waals surface area contributed by atoms with Crippen molar-refractivity contribution in [3.8, 4) is 0 Å². The summed E-state index contributed by atoms with van der Waals surface area (Å²) in [5.74, 6) is 0.618. The summed E-state index contributed by atoms with van der Waals surface area (Å²) >= 11 is 0. The van der Waals surface area contributed by atoms with E-state index in [1.165, 1.54) is 9.87 Å². The normalized spacial score (nSPS) is 19.1. The maximum Gasteiger partial charge on any atom is 0.243 e. The van der Waals surface area contributed by atoms with Crippen molar-refractivity contribution in [3.05, 3.63) is 53.5 Å². The van der Waals surface area contributed by atoms with Gasteiger partial charge in [-0.15, -0.1) is 0 Å². The van der Waals surface area contributed by atoms with Crippen LogP contribution in [0.3, 0.4) is 0 Å². The van der Waals surface area contributed by atoms with E-state index in [0.717, 1.165) is 24.8 Å². The third-order valence-corrected chi connectivity index (χ3v) is 7.65. The Kier molecular flexibility index (Phi) is 5.76. The second-order valence-corrected chi connectivity index (χ2v) is 9.71. The number of benzene rings is 1. The minimum atomic E-state index is -3.49. The average Bonchev–Trinajstić information content (AvgIpc) is 3.39. The first-order valence-electron chi connectivity index (χ1n) is 10.1. The van der Waals surface area contributed by atoms with Gasteiger partial charge in [0.05, 0.1) is 23.7 Å². The molecule has 1 amide bonds. The first kappa shape index (κ1) is 20.1. The number of carbonyl (C=O) groups is 1. The molecule has 1 aliphatic heterocycles. The second kappa shape index (κ2) is 8.30. The van der Waals surface area contributed by atoms with Gasteiger partial charge in [-0.25, -0.2) is 8.42 Å². The number of rotatable bonds is 6. The first-order chi connectivity index (χ1) is 13.9. The zero-order valence-electron chi connectivity index (χ0n) is 16.6. The molecular formula is C21H27N3O4S. The van der Waals surface area contributed by atoms with Gasteiger partial charge in [0.15, 0.2) is 0 Å². The van der Waals surface area contributed by atoms with Gasteiger partial charge >= 0.3 is 0 Å². The topological polar surface area (TPSA) is 82.9 Å². The first-order valence-corrected chi connectivity index (χ1v) is 11.5. The molecule has 2 aromatic rings. The fourth-order valence-electron chi connectivity index (χ4n) is 4.08. The van der Waals surface area contributed by atoms with Crippen molar-refractivity contribution in [1.82, 2.24) is 14.5 Å². The molecule has 1 aliphatic carbocycles. The molecule has 1 unspecified atom stereocenters. The SMILES string of the molecule is CC(NC(=O)CN1CCN(S(=O)(=O)c2ccc3c(c2)CCC3)CC1)c1ccco1. The lowest BCUT2D eigenvalue weighted by Gasteiger charge is -2.33. The minimum absolute atomic E-state index is 0.0937. The molecule has 156 valence electrons. The van der Waals surface area contributed by atoms with E-state index in [1.54, 1.807) is 18.4 Å². The Labute approximate surface area is 171 Å². The Bertz CT molecular complexity index is 964. The Balaban J connectivity index is 1.31. The molecule has 1 N–H and O–H groups in total. The van der Waals surface area contributed by atoms with Crippen molar-refractivity contribution < 1.29 is 17.6 Å². The van der Waals surface area contributed by atoms with Crippen LogP contribution in [0.25, 0.3) is 0 Å². The minimum Gasteiger partial charge on any atom is -0.467 e. The van der Waals surface area contributed by atoms with Crippen LogP contribution in [0.2, 0.25) is 0 Å². The number of aryl methyl sites for hydroxylation is 2. The van der Waals surface area contributed by atoms with Crippen LogP contribution in [0.5, 0.6) is 0 Å². The van der Waals surface area contributed by atoms with Gasteiger partial charge < -0.3 is 9.73 Å². The Morgan fingerprint density at radius 2 is 1.90 bits per heavy atom. The van der Waals surface area contributed by atoms with Gasteiger partial charge in [-0.05, 0) is 61.6 Å². The van der Waals surface area contributed by atoms with Crippen molar-refractivity contribution in [2.75, 3.05) is 32.7 Å². The predicted molar refractivity (Wildman–Crippen MR) is 109 cm³/mol. The van der Waals surface area contributed by atoms with Gasteiger partial charge in [0.1, 0.15) is 5.76 Å². The van der Waals surface area contributed by atoms with E-state index in [0.29, 0.717) is 36.8 Å². The highest BCUT2D eigenvalue weighted by Crippen LogP contribution is 2.26. The molecule has 1 aromatic carbocycles. The largest absolute Gasteiger partial charge is 0.467 e. The molecular weight excluding hydrogens is 390 g/mol. The fraction of sp³-hybridized carbons (Fsp3) is 0.476. The zero-order valence-corrected chi connectivity index (χ0v) is 17.5. The maximum absolute atomic E-state index is 13.0. The van der Waals surface area contributed by atoms with E-state index < -0.39 is 10.0 Å². The summed E-state index contributed by atoms with van der Waals surface area (Å²) in [5.41, 5.74) is 2.43. The number of piperazine rings is 1. The number of hydrogen-bond donors (Lipinski definition) is 1. The van der Waals surface area contributed by atoms with Gasteiger partial charge in [-0.3, -0.25) is 9.69 Å². The highest BCUT2D eigenvalue weighted by molar-refractivity contribution is 7.89. The third-order valence-electron chi connectivity index (χ3n) is 5.75. The molecule has 4 rings (SSSR count). The molecule has 2 aliphatic rings.